The van der Waals surface area contributed by atoms with Crippen molar-refractivity contribution in [3.05, 3.63) is 17.3 Å². The van der Waals surface area contributed by atoms with Crippen LogP contribution in [0, 0.1) is 0 Å². The van der Waals surface area contributed by atoms with Gasteiger partial charge in [0.25, 0.3) is 0 Å². The second-order valence-corrected chi connectivity index (χ2v) is 5.54. The van der Waals surface area contributed by atoms with E-state index in [-0.39, 0.29) is 0 Å². The van der Waals surface area contributed by atoms with E-state index in [1.807, 2.05) is 11.6 Å². The van der Waals surface area contributed by atoms with Gasteiger partial charge in [0.2, 0.25) is 0 Å². The summed E-state index contributed by atoms with van der Waals surface area (Å²) in [6, 6.07) is 0.408. The van der Waals surface area contributed by atoms with Gasteiger partial charge in [-0.3, -0.25) is 4.40 Å². The maximum atomic E-state index is 6.11. The van der Waals surface area contributed by atoms with Crippen LogP contribution in [-0.2, 0) is 10.6 Å². The highest BCUT2D eigenvalue weighted by atomic mass is 35.5. The second-order valence-electron chi connectivity index (χ2n) is 4.40. The van der Waals surface area contributed by atoms with Crippen LogP contribution in [0.25, 0.3) is 4.96 Å². The molecule has 1 saturated heterocycles. The van der Waals surface area contributed by atoms with Crippen molar-refractivity contribution in [3.63, 3.8) is 0 Å². The van der Waals surface area contributed by atoms with Crippen LogP contribution in [-0.4, -0.2) is 35.2 Å². The Kier molecular flexibility index (Phi) is 3.46. The number of halogens is 1. The largest absolute Gasteiger partial charge is 0.377 e. The molecule has 4 nitrogen and oxygen atoms in total. The van der Waals surface area contributed by atoms with Gasteiger partial charge < -0.3 is 9.64 Å². The SMILES string of the molecule is CCC1COCCN1c1nc2sccn2c1CCl. The first-order chi connectivity index (χ1) is 8.85. The third kappa shape index (κ3) is 1.90. The van der Waals surface area contributed by atoms with Gasteiger partial charge in [-0.25, -0.2) is 4.98 Å². The predicted octanol–water partition coefficient (Wildman–Crippen LogP) is 2.75. The highest BCUT2D eigenvalue weighted by Crippen LogP contribution is 2.29. The zero-order valence-corrected chi connectivity index (χ0v) is 11.9. The molecule has 0 saturated carbocycles. The van der Waals surface area contributed by atoms with Gasteiger partial charge in [0.15, 0.2) is 10.8 Å². The maximum absolute atomic E-state index is 6.11. The standard InChI is InChI=1S/C12H16ClN3OS/c1-2-9-8-17-5-3-15(9)11-10(7-13)16-4-6-18-12(16)14-11/h4,6,9H,2-3,5,7-8H2,1H3. The number of anilines is 1. The lowest BCUT2D eigenvalue weighted by atomic mass is 10.1. The van der Waals surface area contributed by atoms with Crippen LogP contribution >= 0.6 is 22.9 Å². The van der Waals surface area contributed by atoms with Crippen molar-refractivity contribution in [2.24, 2.45) is 0 Å². The molecule has 0 bridgehead atoms. The van der Waals surface area contributed by atoms with Gasteiger partial charge in [0, 0.05) is 18.1 Å². The van der Waals surface area contributed by atoms with Gasteiger partial charge in [0.05, 0.1) is 30.8 Å². The maximum Gasteiger partial charge on any atom is 0.195 e. The number of imidazole rings is 1. The van der Waals surface area contributed by atoms with Crippen molar-refractivity contribution >= 4 is 33.7 Å². The average molecular weight is 286 g/mol. The van der Waals surface area contributed by atoms with E-state index in [1.165, 1.54) is 0 Å². The van der Waals surface area contributed by atoms with Crippen LogP contribution in [0.15, 0.2) is 11.6 Å². The molecule has 98 valence electrons. The second kappa shape index (κ2) is 5.07. The highest BCUT2D eigenvalue weighted by molar-refractivity contribution is 7.15. The molecule has 1 atom stereocenters. The van der Waals surface area contributed by atoms with Crippen LogP contribution in [0.5, 0.6) is 0 Å². The number of thiazole rings is 1. The van der Waals surface area contributed by atoms with Crippen LogP contribution in [0.1, 0.15) is 19.0 Å². The Morgan fingerprint density at radius 3 is 3.28 bits per heavy atom. The molecule has 1 unspecified atom stereocenters. The topological polar surface area (TPSA) is 29.8 Å². The van der Waals surface area contributed by atoms with E-state index in [2.05, 4.69) is 16.2 Å². The summed E-state index contributed by atoms with van der Waals surface area (Å²) >= 11 is 7.75. The summed E-state index contributed by atoms with van der Waals surface area (Å²) in [5.74, 6) is 1.52. The van der Waals surface area contributed by atoms with E-state index >= 15 is 0 Å². The molecule has 2 aromatic heterocycles. The number of hydrogen-bond acceptors (Lipinski definition) is 4. The fourth-order valence-electron chi connectivity index (χ4n) is 2.45. The van der Waals surface area contributed by atoms with E-state index in [0.717, 1.165) is 42.7 Å². The lowest BCUT2D eigenvalue weighted by Crippen LogP contribution is -2.45. The minimum absolute atomic E-state index is 0.408. The Morgan fingerprint density at radius 2 is 2.50 bits per heavy atom. The van der Waals surface area contributed by atoms with Crippen LogP contribution in [0.4, 0.5) is 5.82 Å². The molecule has 0 spiro atoms. The molecule has 3 rings (SSSR count). The molecule has 2 aromatic rings. The number of hydrogen-bond donors (Lipinski definition) is 0. The van der Waals surface area contributed by atoms with Gasteiger partial charge in [-0.1, -0.05) is 6.92 Å². The minimum atomic E-state index is 0.408. The first-order valence-electron chi connectivity index (χ1n) is 6.20. The Morgan fingerprint density at radius 1 is 1.61 bits per heavy atom. The molecule has 1 aliphatic rings. The molecule has 0 N–H and O–H groups in total. The summed E-state index contributed by atoms with van der Waals surface area (Å²) in [5, 5.41) is 2.04. The summed E-state index contributed by atoms with van der Waals surface area (Å²) in [6.45, 7) is 4.63. The van der Waals surface area contributed by atoms with Gasteiger partial charge in [0.1, 0.15) is 0 Å². The van der Waals surface area contributed by atoms with E-state index in [9.17, 15) is 0 Å². The number of fused-ring (bicyclic) bond motifs is 1. The van der Waals surface area contributed by atoms with Crippen molar-refractivity contribution in [2.75, 3.05) is 24.7 Å². The van der Waals surface area contributed by atoms with E-state index in [0.29, 0.717) is 11.9 Å². The zero-order chi connectivity index (χ0) is 12.5. The number of ether oxygens (including phenoxy) is 1. The molecule has 6 heteroatoms. The number of morpholine rings is 1. The summed E-state index contributed by atoms with van der Waals surface area (Å²) in [6.07, 6.45) is 3.10. The number of alkyl halides is 1. The normalized spacial score (nSPS) is 20.8. The smallest absolute Gasteiger partial charge is 0.195 e. The lowest BCUT2D eigenvalue weighted by Gasteiger charge is -2.35. The van der Waals surface area contributed by atoms with E-state index in [1.54, 1.807) is 11.3 Å². The highest BCUT2D eigenvalue weighted by Gasteiger charge is 2.26. The third-order valence-electron chi connectivity index (χ3n) is 3.44. The number of aromatic nitrogens is 2. The first-order valence-corrected chi connectivity index (χ1v) is 7.61. The fraction of sp³-hybridized carbons (Fsp3) is 0.583. The Balaban J connectivity index is 2.03. The van der Waals surface area contributed by atoms with Crippen LogP contribution in [0.2, 0.25) is 0 Å². The van der Waals surface area contributed by atoms with Crippen LogP contribution < -0.4 is 4.90 Å². The summed E-state index contributed by atoms with van der Waals surface area (Å²) in [7, 11) is 0. The van der Waals surface area contributed by atoms with Crippen molar-refractivity contribution < 1.29 is 4.74 Å². The fourth-order valence-corrected chi connectivity index (χ4v) is 3.42. The van der Waals surface area contributed by atoms with Crippen LogP contribution in [0.3, 0.4) is 0 Å². The average Bonchev–Trinajstić information content (AvgIpc) is 2.98. The third-order valence-corrected chi connectivity index (χ3v) is 4.45. The Bertz CT molecular complexity index is 538. The quantitative estimate of drug-likeness (QED) is 0.812. The van der Waals surface area contributed by atoms with Gasteiger partial charge in [-0.2, -0.15) is 0 Å². The lowest BCUT2D eigenvalue weighted by molar-refractivity contribution is 0.0925. The molecule has 1 fully saturated rings. The molecule has 0 radical (unpaired) electrons. The van der Waals surface area contributed by atoms with Gasteiger partial charge in [-0.05, 0) is 6.42 Å². The summed E-state index contributed by atoms with van der Waals surface area (Å²) < 4.78 is 7.64. The van der Waals surface area contributed by atoms with Crippen molar-refractivity contribution in [1.82, 2.24) is 9.38 Å². The molecule has 0 aliphatic carbocycles. The number of rotatable bonds is 3. The van der Waals surface area contributed by atoms with Crippen molar-refractivity contribution in [2.45, 2.75) is 25.3 Å². The molecule has 0 aromatic carbocycles. The molecule has 1 aliphatic heterocycles. The first kappa shape index (κ1) is 12.3. The molecular weight excluding hydrogens is 270 g/mol. The van der Waals surface area contributed by atoms with Crippen molar-refractivity contribution in [3.8, 4) is 0 Å². The molecule has 18 heavy (non-hydrogen) atoms. The Hall–Kier alpha value is -0.780. The van der Waals surface area contributed by atoms with Gasteiger partial charge in [-0.15, -0.1) is 22.9 Å². The minimum Gasteiger partial charge on any atom is -0.377 e. The van der Waals surface area contributed by atoms with Gasteiger partial charge >= 0.3 is 0 Å². The molecule has 0 amide bonds. The number of nitrogens with zero attached hydrogens (tertiary/aromatic N) is 3. The summed E-state index contributed by atoms with van der Waals surface area (Å²) in [5.41, 5.74) is 1.09. The van der Waals surface area contributed by atoms with E-state index in [4.69, 9.17) is 21.3 Å². The molecular formula is C12H16ClN3OS. The Labute approximate surface area is 115 Å². The molecule has 3 heterocycles. The summed E-state index contributed by atoms with van der Waals surface area (Å²) in [4.78, 5) is 8.10. The monoisotopic (exact) mass is 285 g/mol. The predicted molar refractivity (Wildman–Crippen MR) is 74.9 cm³/mol. The zero-order valence-electron chi connectivity index (χ0n) is 10.3. The van der Waals surface area contributed by atoms with Crippen molar-refractivity contribution in [1.29, 1.82) is 0 Å². The van der Waals surface area contributed by atoms with E-state index < -0.39 is 0 Å².